The number of H-pyrrole nitrogens is 1. The van der Waals surface area contributed by atoms with E-state index < -0.39 is 0 Å². The smallest absolute Gasteiger partial charge is 0.167 e. The summed E-state index contributed by atoms with van der Waals surface area (Å²) in [4.78, 5) is 11.1. The molecule has 144 valence electrons. The van der Waals surface area contributed by atoms with Crippen LogP contribution in [-0.2, 0) is 6.42 Å². The first kappa shape index (κ1) is 17.3. The Hall–Kier alpha value is -2.82. The highest BCUT2D eigenvalue weighted by atomic mass is 15.4. The van der Waals surface area contributed by atoms with E-state index in [1.807, 2.05) is 0 Å². The molecule has 0 amide bonds. The van der Waals surface area contributed by atoms with Gasteiger partial charge in [0.15, 0.2) is 5.65 Å². The molecule has 0 saturated carbocycles. The normalized spacial score (nSPS) is 14.0. The van der Waals surface area contributed by atoms with Gasteiger partial charge in [-0.2, -0.15) is 9.61 Å². The van der Waals surface area contributed by atoms with Crippen molar-refractivity contribution in [3.05, 3.63) is 47.3 Å². The van der Waals surface area contributed by atoms with Gasteiger partial charge in [0.2, 0.25) is 0 Å². The van der Waals surface area contributed by atoms with Gasteiger partial charge in [0.05, 0.1) is 17.0 Å². The van der Waals surface area contributed by atoms with E-state index in [-0.39, 0.29) is 0 Å². The number of hydrogen-bond acceptors (Lipinski definition) is 3. The number of aromatic nitrogens is 4. The van der Waals surface area contributed by atoms with Crippen LogP contribution in [0.3, 0.4) is 0 Å². The van der Waals surface area contributed by atoms with E-state index >= 15 is 0 Å². The van der Waals surface area contributed by atoms with Crippen molar-refractivity contribution in [1.29, 1.82) is 0 Å². The summed E-state index contributed by atoms with van der Waals surface area (Å²) in [6, 6.07) is 11.2. The SMILES string of the molecule is CCC(CC)N1CCc2c(C)nc3c(-c4cc5ccccc5[nH]4)c(C)nn3c21. The lowest BCUT2D eigenvalue weighted by Gasteiger charge is -2.28. The van der Waals surface area contributed by atoms with Crippen LogP contribution < -0.4 is 4.90 Å². The van der Waals surface area contributed by atoms with E-state index in [1.54, 1.807) is 0 Å². The van der Waals surface area contributed by atoms with Crippen molar-refractivity contribution in [1.82, 2.24) is 19.6 Å². The number of benzene rings is 1. The third kappa shape index (κ3) is 2.38. The first-order valence-electron chi connectivity index (χ1n) is 10.4. The molecule has 3 aromatic heterocycles. The van der Waals surface area contributed by atoms with Crippen LogP contribution in [0.25, 0.3) is 27.8 Å². The monoisotopic (exact) mass is 373 g/mol. The van der Waals surface area contributed by atoms with Gasteiger partial charge >= 0.3 is 0 Å². The van der Waals surface area contributed by atoms with Crippen LogP contribution in [-0.4, -0.2) is 32.2 Å². The number of nitrogens with zero attached hydrogens (tertiary/aromatic N) is 4. The van der Waals surface area contributed by atoms with Crippen LogP contribution >= 0.6 is 0 Å². The quantitative estimate of drug-likeness (QED) is 0.545. The van der Waals surface area contributed by atoms with Gasteiger partial charge in [-0.1, -0.05) is 32.0 Å². The second kappa shape index (κ2) is 6.36. The van der Waals surface area contributed by atoms with Crippen molar-refractivity contribution < 1.29 is 0 Å². The van der Waals surface area contributed by atoms with Crippen molar-refractivity contribution in [2.24, 2.45) is 0 Å². The number of aromatic amines is 1. The Balaban J connectivity index is 1.76. The highest BCUT2D eigenvalue weighted by Gasteiger charge is 2.31. The molecule has 0 bridgehead atoms. The maximum absolute atomic E-state index is 5.01. The van der Waals surface area contributed by atoms with E-state index in [0.29, 0.717) is 6.04 Å². The van der Waals surface area contributed by atoms with Gasteiger partial charge in [-0.25, -0.2) is 4.98 Å². The molecular weight excluding hydrogens is 346 g/mol. The third-order valence-corrected chi connectivity index (χ3v) is 6.27. The molecule has 5 heteroatoms. The summed E-state index contributed by atoms with van der Waals surface area (Å²) in [7, 11) is 0. The van der Waals surface area contributed by atoms with Crippen LogP contribution in [0.1, 0.15) is 43.6 Å². The number of nitrogens with one attached hydrogen (secondary N) is 1. The van der Waals surface area contributed by atoms with Gasteiger partial charge in [0, 0.05) is 34.7 Å². The topological polar surface area (TPSA) is 49.2 Å². The largest absolute Gasteiger partial charge is 0.354 e. The summed E-state index contributed by atoms with van der Waals surface area (Å²) < 4.78 is 2.10. The van der Waals surface area contributed by atoms with Crippen molar-refractivity contribution in [3.8, 4) is 11.3 Å². The van der Waals surface area contributed by atoms with Crippen molar-refractivity contribution in [2.75, 3.05) is 11.4 Å². The minimum absolute atomic E-state index is 0.548. The number of para-hydroxylation sites is 1. The highest BCUT2D eigenvalue weighted by molar-refractivity contribution is 5.90. The maximum atomic E-state index is 5.01. The Labute approximate surface area is 165 Å². The molecule has 1 N–H and O–H groups in total. The molecule has 0 saturated heterocycles. The first-order chi connectivity index (χ1) is 13.6. The average Bonchev–Trinajstić information content (AvgIpc) is 3.37. The first-order valence-corrected chi connectivity index (χ1v) is 10.4. The maximum Gasteiger partial charge on any atom is 0.167 e. The van der Waals surface area contributed by atoms with E-state index in [0.717, 1.165) is 59.6 Å². The van der Waals surface area contributed by atoms with Crippen molar-refractivity contribution in [3.63, 3.8) is 0 Å². The Bertz CT molecular complexity index is 1150. The fraction of sp³-hybridized carbons (Fsp3) is 0.391. The van der Waals surface area contributed by atoms with E-state index in [1.165, 1.54) is 16.8 Å². The summed E-state index contributed by atoms with van der Waals surface area (Å²) >= 11 is 0. The minimum Gasteiger partial charge on any atom is -0.354 e. The van der Waals surface area contributed by atoms with Crippen LogP contribution in [0.15, 0.2) is 30.3 Å². The van der Waals surface area contributed by atoms with Crippen molar-refractivity contribution >= 4 is 22.4 Å². The average molecular weight is 374 g/mol. The zero-order valence-corrected chi connectivity index (χ0v) is 17.1. The lowest BCUT2D eigenvalue weighted by molar-refractivity contribution is 0.563. The predicted molar refractivity (Wildman–Crippen MR) is 115 cm³/mol. The zero-order chi connectivity index (χ0) is 19.4. The van der Waals surface area contributed by atoms with Gasteiger partial charge in [0.1, 0.15) is 5.82 Å². The minimum atomic E-state index is 0.548. The van der Waals surface area contributed by atoms with Gasteiger partial charge in [0.25, 0.3) is 0 Å². The number of aryl methyl sites for hydroxylation is 2. The lowest BCUT2D eigenvalue weighted by Crippen LogP contribution is -2.34. The van der Waals surface area contributed by atoms with Crippen LogP contribution in [0.4, 0.5) is 5.82 Å². The standard InChI is InChI=1S/C23H27N5/c1-5-17(6-2)27-12-11-18-14(3)24-22-21(15(4)26-28(22)23(18)27)20-13-16-9-7-8-10-19(16)25-20/h7-10,13,17,25H,5-6,11-12H2,1-4H3. The summed E-state index contributed by atoms with van der Waals surface area (Å²) in [5.41, 5.74) is 7.80. The highest BCUT2D eigenvalue weighted by Crippen LogP contribution is 2.37. The zero-order valence-electron chi connectivity index (χ0n) is 17.1. The molecular formula is C23H27N5. The Morgan fingerprint density at radius 1 is 1.11 bits per heavy atom. The fourth-order valence-electron chi connectivity index (χ4n) is 4.82. The number of anilines is 1. The van der Waals surface area contributed by atoms with Crippen molar-refractivity contribution in [2.45, 2.75) is 53.0 Å². The summed E-state index contributed by atoms with van der Waals surface area (Å²) in [5.74, 6) is 1.25. The fourth-order valence-corrected chi connectivity index (χ4v) is 4.82. The molecule has 1 aliphatic rings. The predicted octanol–water partition coefficient (Wildman–Crippen LogP) is 5.05. The summed E-state index contributed by atoms with van der Waals surface area (Å²) in [5, 5.41) is 6.18. The number of fused-ring (bicyclic) bond motifs is 4. The molecule has 0 radical (unpaired) electrons. The lowest BCUT2D eigenvalue weighted by atomic mass is 10.1. The van der Waals surface area contributed by atoms with Gasteiger partial charge in [-0.15, -0.1) is 0 Å². The van der Waals surface area contributed by atoms with Crippen LogP contribution in [0.5, 0.6) is 0 Å². The molecule has 0 fully saturated rings. The Morgan fingerprint density at radius 3 is 2.64 bits per heavy atom. The van der Waals surface area contributed by atoms with Crippen LogP contribution in [0, 0.1) is 13.8 Å². The van der Waals surface area contributed by atoms with Gasteiger partial charge < -0.3 is 9.88 Å². The van der Waals surface area contributed by atoms with Gasteiger partial charge in [-0.3, -0.25) is 0 Å². The van der Waals surface area contributed by atoms with E-state index in [2.05, 4.69) is 72.4 Å². The second-order valence-electron chi connectivity index (χ2n) is 7.88. The number of rotatable bonds is 4. The van der Waals surface area contributed by atoms with E-state index in [9.17, 15) is 0 Å². The van der Waals surface area contributed by atoms with Gasteiger partial charge in [-0.05, 0) is 45.2 Å². The molecule has 0 spiro atoms. The summed E-state index contributed by atoms with van der Waals surface area (Å²) in [6.07, 6.45) is 3.35. The van der Waals surface area contributed by atoms with Crippen LogP contribution in [0.2, 0.25) is 0 Å². The Kier molecular flexibility index (Phi) is 3.93. The molecule has 28 heavy (non-hydrogen) atoms. The molecule has 4 aromatic rings. The molecule has 5 rings (SSSR count). The second-order valence-corrected chi connectivity index (χ2v) is 7.88. The number of hydrogen-bond donors (Lipinski definition) is 1. The van der Waals surface area contributed by atoms with E-state index in [4.69, 9.17) is 10.1 Å². The molecule has 1 aliphatic heterocycles. The Morgan fingerprint density at radius 2 is 1.89 bits per heavy atom. The molecule has 5 nitrogen and oxygen atoms in total. The molecule has 4 heterocycles. The molecule has 0 atom stereocenters. The molecule has 1 aromatic carbocycles. The third-order valence-electron chi connectivity index (χ3n) is 6.27. The molecule has 0 aliphatic carbocycles. The summed E-state index contributed by atoms with van der Waals surface area (Å²) in [6.45, 7) is 9.85. The molecule has 0 unspecified atom stereocenters.